The molecule has 2 unspecified atom stereocenters. The van der Waals surface area contributed by atoms with Gasteiger partial charge >= 0.3 is 5.97 Å². The number of carbonyl (C=O) groups excluding carboxylic acids is 3. The summed E-state index contributed by atoms with van der Waals surface area (Å²) in [6.07, 6.45) is 7.71. The number of hydrogen-bond donors (Lipinski definition) is 1. The summed E-state index contributed by atoms with van der Waals surface area (Å²) < 4.78 is 12.2. The molecule has 212 valence electrons. The molecule has 3 saturated heterocycles. The van der Waals surface area contributed by atoms with Crippen LogP contribution in [0, 0.1) is 25.7 Å². The van der Waals surface area contributed by atoms with Crippen LogP contribution >= 0.6 is 0 Å². The van der Waals surface area contributed by atoms with Crippen LogP contribution < -0.4 is 4.90 Å². The Morgan fingerprint density at radius 3 is 2.59 bits per heavy atom. The van der Waals surface area contributed by atoms with Gasteiger partial charge in [0.05, 0.1) is 24.5 Å². The summed E-state index contributed by atoms with van der Waals surface area (Å²) in [5, 5.41) is 9.38. The maximum absolute atomic E-state index is 14.5. The van der Waals surface area contributed by atoms with E-state index < -0.39 is 35.6 Å². The van der Waals surface area contributed by atoms with Gasteiger partial charge in [-0.3, -0.25) is 14.4 Å². The summed E-state index contributed by atoms with van der Waals surface area (Å²) in [4.78, 5) is 45.2. The molecule has 1 N–H and O–H groups in total. The molecule has 1 aromatic rings. The molecular formula is C31H42N2O6. The molecule has 0 saturated carbocycles. The highest BCUT2D eigenvalue weighted by atomic mass is 16.6. The van der Waals surface area contributed by atoms with E-state index in [1.54, 1.807) is 15.9 Å². The lowest BCUT2D eigenvalue weighted by atomic mass is 9.70. The van der Waals surface area contributed by atoms with Gasteiger partial charge in [0.15, 0.2) is 0 Å². The van der Waals surface area contributed by atoms with E-state index in [-0.39, 0.29) is 31.6 Å². The predicted molar refractivity (Wildman–Crippen MR) is 149 cm³/mol. The van der Waals surface area contributed by atoms with Crippen molar-refractivity contribution in [2.75, 3.05) is 31.2 Å². The molecule has 8 heteroatoms. The molecule has 5 atom stereocenters. The van der Waals surface area contributed by atoms with Gasteiger partial charge in [0.1, 0.15) is 11.6 Å². The Labute approximate surface area is 231 Å². The van der Waals surface area contributed by atoms with Gasteiger partial charge < -0.3 is 24.4 Å². The van der Waals surface area contributed by atoms with E-state index in [1.165, 1.54) is 0 Å². The van der Waals surface area contributed by atoms with Crippen molar-refractivity contribution in [1.82, 2.24) is 4.90 Å². The first kappa shape index (κ1) is 29.0. The lowest BCUT2D eigenvalue weighted by Crippen LogP contribution is -2.56. The Balaban J connectivity index is 1.68. The molecule has 3 fully saturated rings. The average Bonchev–Trinajstić information content (AvgIpc) is 3.55. The fourth-order valence-corrected chi connectivity index (χ4v) is 6.79. The molecule has 1 spiro atoms. The van der Waals surface area contributed by atoms with Crippen LogP contribution in [0.15, 0.2) is 43.5 Å². The van der Waals surface area contributed by atoms with Gasteiger partial charge in [-0.05, 0) is 69.9 Å². The number of aliphatic hydroxyl groups is 1. The van der Waals surface area contributed by atoms with Crippen molar-refractivity contribution in [3.05, 3.63) is 54.6 Å². The van der Waals surface area contributed by atoms with Crippen molar-refractivity contribution in [2.45, 2.75) is 76.5 Å². The van der Waals surface area contributed by atoms with Gasteiger partial charge in [-0.25, -0.2) is 0 Å². The molecule has 4 rings (SSSR count). The van der Waals surface area contributed by atoms with E-state index in [0.29, 0.717) is 32.2 Å². The lowest BCUT2D eigenvalue weighted by Gasteiger charge is -2.37. The van der Waals surface area contributed by atoms with E-state index in [4.69, 9.17) is 9.47 Å². The van der Waals surface area contributed by atoms with Crippen LogP contribution in [-0.4, -0.2) is 71.8 Å². The molecule has 1 aromatic carbocycles. The maximum atomic E-state index is 14.5. The topological polar surface area (TPSA) is 96.4 Å². The minimum atomic E-state index is -1.08. The SMILES string of the molecule is C=CCCCCOC(=O)[C@@H]1[C@@H]2CCC3(O2)C(C(=O)N(CC=C)c2c(C)cccc2C)N(CCCCO)C(=O)[C@H]13. The van der Waals surface area contributed by atoms with Crippen LogP contribution in [-0.2, 0) is 23.9 Å². The number of benzene rings is 1. The lowest BCUT2D eigenvalue weighted by molar-refractivity contribution is -0.155. The first-order chi connectivity index (χ1) is 18.8. The van der Waals surface area contributed by atoms with Gasteiger partial charge in [0.25, 0.3) is 5.91 Å². The smallest absolute Gasteiger partial charge is 0.312 e. The third-order valence-electron chi connectivity index (χ3n) is 8.45. The number of rotatable bonds is 14. The highest BCUT2D eigenvalue weighted by Gasteiger charge is 2.75. The van der Waals surface area contributed by atoms with E-state index in [1.807, 2.05) is 38.1 Å². The van der Waals surface area contributed by atoms with Crippen molar-refractivity contribution >= 4 is 23.5 Å². The Morgan fingerprint density at radius 1 is 1.18 bits per heavy atom. The van der Waals surface area contributed by atoms with Crippen molar-refractivity contribution in [1.29, 1.82) is 0 Å². The molecule has 3 heterocycles. The predicted octanol–water partition coefficient (Wildman–Crippen LogP) is 3.87. The fraction of sp³-hybridized carbons (Fsp3) is 0.581. The van der Waals surface area contributed by atoms with Gasteiger partial charge in [0.2, 0.25) is 5.91 Å². The standard InChI is InChI=1S/C31H42N2O6/c1-5-7-8-11-20-38-30(37)24-23-15-16-31(39-23)25(24)28(35)33(18-9-10-19-34)27(31)29(36)32(17-6-2)26-21(3)13-12-14-22(26)4/h5-6,12-14,23-25,27,34H,1-2,7-11,15-20H2,3-4H3/t23-,24+,25-,27?,31?/m0/s1. The van der Waals surface area contributed by atoms with Crippen LogP contribution in [0.25, 0.3) is 0 Å². The second kappa shape index (κ2) is 12.5. The summed E-state index contributed by atoms with van der Waals surface area (Å²) in [5.74, 6) is -2.37. The quantitative estimate of drug-likeness (QED) is 0.220. The number of likely N-dealkylation sites (tertiary alicyclic amines) is 1. The van der Waals surface area contributed by atoms with Crippen LogP contribution in [0.3, 0.4) is 0 Å². The Kier molecular flexibility index (Phi) is 9.28. The molecule has 8 nitrogen and oxygen atoms in total. The molecule has 0 aliphatic carbocycles. The number of ether oxygens (including phenoxy) is 2. The van der Waals surface area contributed by atoms with Crippen LogP contribution in [0.4, 0.5) is 5.69 Å². The number of aliphatic hydroxyl groups excluding tert-OH is 1. The molecule has 39 heavy (non-hydrogen) atoms. The first-order valence-corrected chi connectivity index (χ1v) is 14.2. The minimum absolute atomic E-state index is 0.000409. The van der Waals surface area contributed by atoms with Crippen LogP contribution in [0.5, 0.6) is 0 Å². The summed E-state index contributed by atoms with van der Waals surface area (Å²) >= 11 is 0. The van der Waals surface area contributed by atoms with E-state index >= 15 is 0 Å². The van der Waals surface area contributed by atoms with Crippen molar-refractivity contribution in [3.8, 4) is 0 Å². The maximum Gasteiger partial charge on any atom is 0.312 e. The van der Waals surface area contributed by atoms with Gasteiger partial charge in [-0.1, -0.05) is 30.4 Å². The number of unbranched alkanes of at least 4 members (excludes halogenated alkanes) is 3. The normalized spacial score (nSPS) is 26.9. The van der Waals surface area contributed by atoms with Crippen molar-refractivity contribution in [3.63, 3.8) is 0 Å². The summed E-state index contributed by atoms with van der Waals surface area (Å²) in [7, 11) is 0. The number of fused-ring (bicyclic) bond motifs is 1. The average molecular weight is 539 g/mol. The number of aryl methyl sites for hydroxylation is 2. The molecular weight excluding hydrogens is 496 g/mol. The van der Waals surface area contributed by atoms with Crippen LogP contribution in [0.2, 0.25) is 0 Å². The zero-order valence-corrected chi connectivity index (χ0v) is 23.3. The summed E-state index contributed by atoms with van der Waals surface area (Å²) in [5.41, 5.74) is 1.61. The van der Waals surface area contributed by atoms with E-state index in [0.717, 1.165) is 36.1 Å². The Morgan fingerprint density at radius 2 is 1.92 bits per heavy atom. The van der Waals surface area contributed by atoms with Gasteiger partial charge in [-0.15, -0.1) is 13.2 Å². The number of anilines is 1. The second-order valence-electron chi connectivity index (χ2n) is 10.9. The number of allylic oxidation sites excluding steroid dienone is 1. The van der Waals surface area contributed by atoms with Gasteiger partial charge in [0, 0.05) is 25.4 Å². The monoisotopic (exact) mass is 538 g/mol. The fourth-order valence-electron chi connectivity index (χ4n) is 6.79. The minimum Gasteiger partial charge on any atom is -0.465 e. The molecule has 2 bridgehead atoms. The molecule has 0 radical (unpaired) electrons. The van der Waals surface area contributed by atoms with Crippen molar-refractivity contribution < 1.29 is 29.0 Å². The summed E-state index contributed by atoms with van der Waals surface area (Å²) in [6.45, 7) is 12.4. The third-order valence-corrected chi connectivity index (χ3v) is 8.45. The van der Waals surface area contributed by atoms with Gasteiger partial charge in [-0.2, -0.15) is 0 Å². The number of carbonyl (C=O) groups is 3. The molecule has 2 amide bonds. The molecule has 3 aliphatic heterocycles. The second-order valence-corrected chi connectivity index (χ2v) is 10.9. The highest BCUT2D eigenvalue weighted by molar-refractivity contribution is 6.05. The molecule has 3 aliphatic rings. The van der Waals surface area contributed by atoms with Crippen LogP contribution in [0.1, 0.15) is 56.1 Å². The van der Waals surface area contributed by atoms with E-state index in [9.17, 15) is 19.5 Å². The number of hydrogen-bond acceptors (Lipinski definition) is 6. The third kappa shape index (κ3) is 5.29. The largest absolute Gasteiger partial charge is 0.465 e. The zero-order valence-electron chi connectivity index (χ0n) is 23.3. The summed E-state index contributed by atoms with van der Waals surface area (Å²) in [6, 6.07) is 5.01. The Hall–Kier alpha value is -2.97. The van der Waals surface area contributed by atoms with Crippen molar-refractivity contribution in [2.24, 2.45) is 11.8 Å². The highest BCUT2D eigenvalue weighted by Crippen LogP contribution is 2.59. The number of esters is 1. The number of nitrogens with zero attached hydrogens (tertiary/aromatic N) is 2. The zero-order chi connectivity index (χ0) is 28.2. The number of amides is 2. The number of para-hydroxylation sites is 1. The molecule has 0 aromatic heterocycles. The Bertz CT molecular complexity index is 1080. The first-order valence-electron chi connectivity index (χ1n) is 14.2. The van der Waals surface area contributed by atoms with E-state index in [2.05, 4.69) is 13.2 Å².